The maximum absolute atomic E-state index is 10.4. The number of nitriles is 2. The Bertz CT molecular complexity index is 3720. The molecule has 6 heteroatoms. The molecule has 6 nitrogen and oxygen atoms in total. The first-order valence-electron chi connectivity index (χ1n) is 23.9. The van der Waals surface area contributed by atoms with E-state index in [0.717, 1.165) is 77.6 Å². The van der Waals surface area contributed by atoms with Crippen LogP contribution in [0.2, 0.25) is 0 Å². The van der Waals surface area contributed by atoms with Crippen LogP contribution in [-0.2, 0) is 0 Å². The van der Waals surface area contributed by atoms with Gasteiger partial charge in [-0.25, -0.2) is 15.0 Å². The molecule has 0 N–H and O–H groups in total. The van der Waals surface area contributed by atoms with Gasteiger partial charge in [-0.3, -0.25) is 0 Å². The Morgan fingerprint density at radius 3 is 1.13 bits per heavy atom. The molecule has 0 spiro atoms. The normalized spacial score (nSPS) is 11.2. The van der Waals surface area contributed by atoms with Gasteiger partial charge in [0.25, 0.3) is 0 Å². The molecule has 0 aliphatic rings. The number of fused-ring (bicyclic) bond motifs is 3. The second-order valence-corrected chi connectivity index (χ2v) is 18.7. The molecule has 338 valence electrons. The molecular formula is C65H48N6. The molecule has 71 heavy (non-hydrogen) atoms. The van der Waals surface area contributed by atoms with Gasteiger partial charge in [-0.2, -0.15) is 10.5 Å². The van der Waals surface area contributed by atoms with Crippen molar-refractivity contribution in [2.75, 3.05) is 0 Å². The minimum absolute atomic E-state index is 0.490. The van der Waals surface area contributed by atoms with E-state index in [1.807, 2.05) is 97.1 Å². The van der Waals surface area contributed by atoms with E-state index >= 15 is 0 Å². The molecule has 0 bridgehead atoms. The highest BCUT2D eigenvalue weighted by molar-refractivity contribution is 6.13. The molecule has 2 heterocycles. The van der Waals surface area contributed by atoms with Gasteiger partial charge in [0.1, 0.15) is 0 Å². The summed E-state index contributed by atoms with van der Waals surface area (Å²) < 4.78 is 2.38. The zero-order valence-electron chi connectivity index (χ0n) is 40.5. The van der Waals surface area contributed by atoms with E-state index in [-0.39, 0.29) is 0 Å². The molecule has 0 unspecified atom stereocenters. The summed E-state index contributed by atoms with van der Waals surface area (Å²) in [5.41, 5.74) is 22.1. The Morgan fingerprint density at radius 2 is 0.732 bits per heavy atom. The summed E-state index contributed by atoms with van der Waals surface area (Å²) in [5, 5.41) is 23.0. The second kappa shape index (κ2) is 18.0. The van der Waals surface area contributed by atoms with E-state index in [9.17, 15) is 10.5 Å². The van der Waals surface area contributed by atoms with Crippen LogP contribution in [0.5, 0.6) is 0 Å². The molecule has 11 rings (SSSR count). The highest BCUT2D eigenvalue weighted by Gasteiger charge is 2.25. The number of aryl methyl sites for hydroxylation is 6. The van der Waals surface area contributed by atoms with Gasteiger partial charge in [0.2, 0.25) is 0 Å². The van der Waals surface area contributed by atoms with Gasteiger partial charge in [0.05, 0.1) is 40.0 Å². The van der Waals surface area contributed by atoms with Crippen LogP contribution in [0, 0.1) is 64.2 Å². The maximum Gasteiger partial charge on any atom is 0.164 e. The quantitative estimate of drug-likeness (QED) is 0.151. The monoisotopic (exact) mass is 912 g/mol. The molecule has 0 radical (unpaired) electrons. The molecule has 11 aromatic rings. The van der Waals surface area contributed by atoms with Crippen LogP contribution in [-0.4, -0.2) is 19.5 Å². The number of benzene rings is 9. The summed E-state index contributed by atoms with van der Waals surface area (Å²) in [6.07, 6.45) is 0. The molecule has 0 aliphatic heterocycles. The molecule has 0 saturated carbocycles. The van der Waals surface area contributed by atoms with Gasteiger partial charge in [0.15, 0.2) is 17.5 Å². The standard InChI is InChI=1S/C65H48N6/c1-39-27-41(3)60(42(4)28-39)51-23-25-58-56(33-51)57-34-52(61-43(5)29-40(2)30-44(61)6)24-26-59(57)71(58)62-54(49-21-13-15-45(31-49)37-66)35-53(36-55(62)50-22-14-16-46(32-50)38-67)65-69-63(47-17-9-7-10-18-47)68-64(70-65)48-19-11-8-12-20-48/h7-36H,1-6H3. The minimum atomic E-state index is 0.490. The lowest BCUT2D eigenvalue weighted by molar-refractivity contribution is 1.07. The molecule has 0 atom stereocenters. The first kappa shape index (κ1) is 44.3. The summed E-state index contributed by atoms with van der Waals surface area (Å²) in [6.45, 7) is 13.1. The van der Waals surface area contributed by atoms with E-state index in [1.54, 1.807) is 0 Å². The molecule has 0 fully saturated rings. The van der Waals surface area contributed by atoms with Crippen LogP contribution in [0.25, 0.3) is 106 Å². The van der Waals surface area contributed by atoms with Crippen LogP contribution in [0.1, 0.15) is 44.5 Å². The fourth-order valence-corrected chi connectivity index (χ4v) is 10.7. The Kier molecular flexibility index (Phi) is 11.2. The molecule has 0 amide bonds. The van der Waals surface area contributed by atoms with Crippen molar-refractivity contribution in [3.8, 4) is 96.5 Å². The topological polar surface area (TPSA) is 91.2 Å². The third kappa shape index (κ3) is 8.12. The first-order chi connectivity index (χ1) is 34.5. The fourth-order valence-electron chi connectivity index (χ4n) is 10.7. The molecular weight excluding hydrogens is 865 g/mol. The predicted octanol–water partition coefficient (Wildman–Crippen LogP) is 16.2. The number of hydrogen-bond donors (Lipinski definition) is 0. The number of rotatable bonds is 8. The van der Waals surface area contributed by atoms with E-state index in [4.69, 9.17) is 15.0 Å². The smallest absolute Gasteiger partial charge is 0.164 e. The van der Waals surface area contributed by atoms with Crippen molar-refractivity contribution >= 4 is 21.8 Å². The van der Waals surface area contributed by atoms with Crippen molar-refractivity contribution in [3.05, 3.63) is 226 Å². The minimum Gasteiger partial charge on any atom is -0.308 e. The lowest BCUT2D eigenvalue weighted by Gasteiger charge is -2.21. The van der Waals surface area contributed by atoms with Gasteiger partial charge < -0.3 is 4.57 Å². The lowest BCUT2D eigenvalue weighted by atomic mass is 9.91. The van der Waals surface area contributed by atoms with E-state index in [1.165, 1.54) is 44.5 Å². The summed E-state index contributed by atoms with van der Waals surface area (Å²) in [6, 6.07) is 67.4. The highest BCUT2D eigenvalue weighted by Crippen LogP contribution is 2.46. The van der Waals surface area contributed by atoms with E-state index in [2.05, 4.69) is 143 Å². The third-order valence-electron chi connectivity index (χ3n) is 13.6. The first-order valence-corrected chi connectivity index (χ1v) is 23.9. The van der Waals surface area contributed by atoms with Crippen LogP contribution >= 0.6 is 0 Å². The van der Waals surface area contributed by atoms with Crippen molar-refractivity contribution < 1.29 is 0 Å². The van der Waals surface area contributed by atoms with Crippen molar-refractivity contribution in [3.63, 3.8) is 0 Å². The highest BCUT2D eigenvalue weighted by atomic mass is 15.0. The van der Waals surface area contributed by atoms with Gasteiger partial charge in [-0.1, -0.05) is 132 Å². The predicted molar refractivity (Wildman–Crippen MR) is 290 cm³/mol. The van der Waals surface area contributed by atoms with Crippen molar-refractivity contribution in [2.24, 2.45) is 0 Å². The average molecular weight is 913 g/mol. The summed E-state index contributed by atoms with van der Waals surface area (Å²) >= 11 is 0. The SMILES string of the molecule is Cc1cc(C)c(-c2ccc3c(c2)c2cc(-c4c(C)cc(C)cc4C)ccc2n3-c2c(-c3cccc(C#N)c3)cc(-c3nc(-c4ccccc4)nc(-c4ccccc4)n3)cc2-c2cccc(C#N)c2)c(C)c1. The van der Waals surface area contributed by atoms with Crippen molar-refractivity contribution in [1.29, 1.82) is 10.5 Å². The summed E-state index contributed by atoms with van der Waals surface area (Å²) in [7, 11) is 0. The van der Waals surface area contributed by atoms with Crippen molar-refractivity contribution in [2.45, 2.75) is 41.5 Å². The molecule has 0 saturated heterocycles. The Labute approximate surface area is 414 Å². The van der Waals surface area contributed by atoms with Gasteiger partial charge in [-0.15, -0.1) is 0 Å². The zero-order valence-corrected chi connectivity index (χ0v) is 40.5. The van der Waals surface area contributed by atoms with Gasteiger partial charge >= 0.3 is 0 Å². The Balaban J connectivity index is 1.28. The lowest BCUT2D eigenvalue weighted by Crippen LogP contribution is -2.04. The number of aromatic nitrogens is 4. The van der Waals surface area contributed by atoms with Crippen molar-refractivity contribution in [1.82, 2.24) is 19.5 Å². The summed E-state index contributed by atoms with van der Waals surface area (Å²) in [4.78, 5) is 15.4. The van der Waals surface area contributed by atoms with Gasteiger partial charge in [-0.05, 0) is 158 Å². The van der Waals surface area contributed by atoms with E-state index < -0.39 is 0 Å². The third-order valence-corrected chi connectivity index (χ3v) is 13.6. The average Bonchev–Trinajstić information content (AvgIpc) is 3.70. The van der Waals surface area contributed by atoms with Crippen LogP contribution in [0.3, 0.4) is 0 Å². The number of nitrogens with zero attached hydrogens (tertiary/aromatic N) is 6. The summed E-state index contributed by atoms with van der Waals surface area (Å²) in [5.74, 6) is 1.59. The largest absolute Gasteiger partial charge is 0.308 e. The second-order valence-electron chi connectivity index (χ2n) is 18.7. The van der Waals surface area contributed by atoms with Crippen LogP contribution in [0.15, 0.2) is 182 Å². The molecule has 0 aliphatic carbocycles. The van der Waals surface area contributed by atoms with Gasteiger partial charge in [0, 0.05) is 38.6 Å². The fraction of sp³-hybridized carbons (Fsp3) is 0.0923. The van der Waals surface area contributed by atoms with Crippen LogP contribution in [0.4, 0.5) is 0 Å². The Hall–Kier alpha value is -9.23. The maximum atomic E-state index is 10.4. The van der Waals surface area contributed by atoms with Crippen LogP contribution < -0.4 is 0 Å². The van der Waals surface area contributed by atoms with E-state index in [0.29, 0.717) is 28.6 Å². The number of hydrogen-bond acceptors (Lipinski definition) is 5. The molecule has 9 aromatic carbocycles. The molecule has 2 aromatic heterocycles. The Morgan fingerprint density at radius 1 is 0.352 bits per heavy atom. The zero-order chi connectivity index (χ0) is 48.9.